The van der Waals surface area contributed by atoms with E-state index >= 15 is 0 Å². The minimum atomic E-state index is -0.555. The van der Waals surface area contributed by atoms with E-state index in [1.807, 2.05) is 0 Å². The smallest absolute Gasteiger partial charge is 0.407 e. The Labute approximate surface area is 94.7 Å². The van der Waals surface area contributed by atoms with Gasteiger partial charge in [0, 0.05) is 18.6 Å². The van der Waals surface area contributed by atoms with Crippen LogP contribution in [0, 0.1) is 0 Å². The molecule has 0 aromatic heterocycles. The van der Waals surface area contributed by atoms with Gasteiger partial charge in [-0.3, -0.25) is 0 Å². The highest BCUT2D eigenvalue weighted by Gasteiger charge is 2.18. The van der Waals surface area contributed by atoms with Crippen LogP contribution in [0.1, 0.15) is 20.8 Å². The van der Waals surface area contributed by atoms with Gasteiger partial charge < -0.3 is 14.8 Å². The molecule has 0 saturated heterocycles. The van der Waals surface area contributed by atoms with Crippen molar-refractivity contribution in [3.8, 4) is 0 Å². The number of methoxy groups -OCH3 is 1. The van der Waals surface area contributed by atoms with Crippen LogP contribution in [0.25, 0.3) is 10.4 Å². The summed E-state index contributed by atoms with van der Waals surface area (Å²) in [5.41, 5.74) is 7.62. The first-order valence-corrected chi connectivity index (χ1v) is 4.88. The molecule has 1 N–H and O–H groups in total. The number of ether oxygens (including phenoxy) is 2. The van der Waals surface area contributed by atoms with Crippen LogP contribution in [0.4, 0.5) is 4.79 Å². The molecule has 0 heterocycles. The minimum absolute atomic E-state index is 0.129. The Morgan fingerprint density at radius 1 is 1.56 bits per heavy atom. The average molecular weight is 230 g/mol. The van der Waals surface area contributed by atoms with E-state index in [1.54, 1.807) is 20.8 Å². The summed E-state index contributed by atoms with van der Waals surface area (Å²) in [6, 6.07) is -0.379. The van der Waals surface area contributed by atoms with Crippen molar-refractivity contribution >= 4 is 6.09 Å². The van der Waals surface area contributed by atoms with Crippen LogP contribution in [-0.2, 0) is 9.47 Å². The van der Waals surface area contributed by atoms with Crippen molar-refractivity contribution in [1.29, 1.82) is 0 Å². The molecule has 0 aromatic carbocycles. The highest BCUT2D eigenvalue weighted by molar-refractivity contribution is 5.68. The third-order valence-corrected chi connectivity index (χ3v) is 1.45. The highest BCUT2D eigenvalue weighted by atomic mass is 16.6. The zero-order valence-electron chi connectivity index (χ0n) is 10.1. The second kappa shape index (κ2) is 6.92. The summed E-state index contributed by atoms with van der Waals surface area (Å²) in [5, 5.41) is 5.93. The number of alkyl carbamates (subject to hydrolysis) is 1. The maximum Gasteiger partial charge on any atom is 0.407 e. The number of rotatable bonds is 5. The minimum Gasteiger partial charge on any atom is -0.444 e. The van der Waals surface area contributed by atoms with E-state index in [1.165, 1.54) is 7.11 Å². The Kier molecular flexibility index (Phi) is 6.29. The third-order valence-electron chi connectivity index (χ3n) is 1.45. The van der Waals surface area contributed by atoms with Crippen molar-refractivity contribution in [2.75, 3.05) is 20.3 Å². The maximum atomic E-state index is 11.4. The highest BCUT2D eigenvalue weighted by Crippen LogP contribution is 2.06. The van der Waals surface area contributed by atoms with E-state index in [9.17, 15) is 4.79 Å². The molecule has 0 aromatic rings. The monoisotopic (exact) mass is 230 g/mol. The van der Waals surface area contributed by atoms with E-state index in [4.69, 9.17) is 15.0 Å². The van der Waals surface area contributed by atoms with Gasteiger partial charge in [-0.1, -0.05) is 5.11 Å². The molecule has 0 saturated carbocycles. The van der Waals surface area contributed by atoms with Crippen molar-refractivity contribution in [3.05, 3.63) is 10.4 Å². The van der Waals surface area contributed by atoms with Crippen LogP contribution in [0.2, 0.25) is 0 Å². The molecule has 0 bridgehead atoms. The number of nitrogens with one attached hydrogen (secondary N) is 1. The molecule has 16 heavy (non-hydrogen) atoms. The number of azide groups is 1. The predicted molar refractivity (Wildman–Crippen MR) is 59.0 cm³/mol. The third kappa shape index (κ3) is 7.90. The van der Waals surface area contributed by atoms with Crippen LogP contribution >= 0.6 is 0 Å². The van der Waals surface area contributed by atoms with Crippen molar-refractivity contribution in [2.45, 2.75) is 32.4 Å². The molecular formula is C9H18N4O3. The lowest BCUT2D eigenvalue weighted by Crippen LogP contribution is -2.42. The Bertz CT molecular complexity index is 268. The molecule has 0 aliphatic carbocycles. The molecule has 92 valence electrons. The van der Waals surface area contributed by atoms with E-state index in [-0.39, 0.29) is 19.2 Å². The first-order chi connectivity index (χ1) is 7.39. The molecule has 0 rings (SSSR count). The van der Waals surface area contributed by atoms with Crippen LogP contribution in [-0.4, -0.2) is 38.0 Å². The fourth-order valence-corrected chi connectivity index (χ4v) is 0.950. The Balaban J connectivity index is 4.17. The van der Waals surface area contributed by atoms with Gasteiger partial charge in [0.25, 0.3) is 0 Å². The maximum absolute atomic E-state index is 11.4. The number of nitrogens with zero attached hydrogens (tertiary/aromatic N) is 3. The summed E-state index contributed by atoms with van der Waals surface area (Å²) in [6.45, 7) is 5.70. The molecule has 0 spiro atoms. The topological polar surface area (TPSA) is 96.3 Å². The average Bonchev–Trinajstić information content (AvgIpc) is 2.11. The van der Waals surface area contributed by atoms with Crippen molar-refractivity contribution in [3.63, 3.8) is 0 Å². The van der Waals surface area contributed by atoms with Gasteiger partial charge in [0.1, 0.15) is 5.60 Å². The Hall–Kier alpha value is -1.46. The van der Waals surface area contributed by atoms with Gasteiger partial charge in [-0.15, -0.1) is 0 Å². The summed E-state index contributed by atoms with van der Waals surface area (Å²) in [4.78, 5) is 14.0. The standard InChI is InChI=1S/C9H18N4O3/c1-9(2,3)16-8(14)12-7(6-15-4)5-11-13-10/h7H,5-6H2,1-4H3,(H,12,14)/t7-/m0/s1. The van der Waals surface area contributed by atoms with Crippen LogP contribution < -0.4 is 5.32 Å². The second-order valence-corrected chi connectivity index (χ2v) is 4.21. The quantitative estimate of drug-likeness (QED) is 0.443. The molecule has 0 unspecified atom stereocenters. The molecule has 0 aliphatic rings. The van der Waals surface area contributed by atoms with Crippen molar-refractivity contribution in [1.82, 2.24) is 5.32 Å². The van der Waals surface area contributed by atoms with Gasteiger partial charge in [-0.05, 0) is 26.3 Å². The zero-order valence-corrected chi connectivity index (χ0v) is 10.1. The van der Waals surface area contributed by atoms with Gasteiger partial charge in [0.15, 0.2) is 0 Å². The fraction of sp³-hybridized carbons (Fsp3) is 0.889. The summed E-state index contributed by atoms with van der Waals surface area (Å²) in [5.74, 6) is 0. The lowest BCUT2D eigenvalue weighted by Gasteiger charge is -2.22. The van der Waals surface area contributed by atoms with Crippen LogP contribution in [0.5, 0.6) is 0 Å². The zero-order chi connectivity index (χ0) is 12.6. The normalized spacial score (nSPS) is 12.5. The van der Waals surface area contributed by atoms with Crippen molar-refractivity contribution < 1.29 is 14.3 Å². The summed E-state index contributed by atoms with van der Waals surface area (Å²) in [6.07, 6.45) is -0.553. The van der Waals surface area contributed by atoms with Crippen molar-refractivity contribution in [2.24, 2.45) is 5.11 Å². The molecule has 1 amide bonds. The SMILES string of the molecule is COC[C@H](CN=[N+]=[N-])NC(=O)OC(C)(C)C. The largest absolute Gasteiger partial charge is 0.444 e. The molecule has 7 nitrogen and oxygen atoms in total. The van der Waals surface area contributed by atoms with E-state index in [0.717, 1.165) is 0 Å². The van der Waals surface area contributed by atoms with E-state index in [0.29, 0.717) is 0 Å². The van der Waals surface area contributed by atoms with Gasteiger partial charge >= 0.3 is 6.09 Å². The number of hydrogen-bond donors (Lipinski definition) is 1. The summed E-state index contributed by atoms with van der Waals surface area (Å²) >= 11 is 0. The van der Waals surface area contributed by atoms with E-state index < -0.39 is 11.7 Å². The van der Waals surface area contributed by atoms with Gasteiger partial charge in [0.2, 0.25) is 0 Å². The number of carbonyl (C=O) groups is 1. The Morgan fingerprint density at radius 2 is 2.19 bits per heavy atom. The molecule has 1 atom stereocenters. The van der Waals surface area contributed by atoms with Crippen LogP contribution in [0.15, 0.2) is 5.11 Å². The molecule has 7 heteroatoms. The lowest BCUT2D eigenvalue weighted by molar-refractivity contribution is 0.0473. The first-order valence-electron chi connectivity index (χ1n) is 4.88. The van der Waals surface area contributed by atoms with Crippen LogP contribution in [0.3, 0.4) is 0 Å². The fourth-order valence-electron chi connectivity index (χ4n) is 0.950. The predicted octanol–water partition coefficient (Wildman–Crippen LogP) is 1.84. The molecule has 0 fully saturated rings. The summed E-state index contributed by atoms with van der Waals surface area (Å²) in [7, 11) is 1.50. The number of amides is 1. The molecule has 0 radical (unpaired) electrons. The number of carbonyl (C=O) groups excluding carboxylic acids is 1. The molecular weight excluding hydrogens is 212 g/mol. The molecule has 0 aliphatic heterocycles. The lowest BCUT2D eigenvalue weighted by atomic mass is 10.2. The van der Waals surface area contributed by atoms with Gasteiger partial charge in [-0.2, -0.15) is 0 Å². The Morgan fingerprint density at radius 3 is 2.62 bits per heavy atom. The number of hydrogen-bond acceptors (Lipinski definition) is 4. The van der Waals surface area contributed by atoms with E-state index in [2.05, 4.69) is 15.3 Å². The van der Waals surface area contributed by atoms with Gasteiger partial charge in [-0.25, -0.2) is 4.79 Å². The summed E-state index contributed by atoms with van der Waals surface area (Å²) < 4.78 is 9.93. The first kappa shape index (κ1) is 14.5. The van der Waals surface area contributed by atoms with Gasteiger partial charge in [0.05, 0.1) is 12.6 Å². The second-order valence-electron chi connectivity index (χ2n) is 4.21.